The minimum atomic E-state index is 0.00430. The molecule has 0 spiro atoms. The van der Waals surface area contributed by atoms with Crippen molar-refractivity contribution in [2.75, 3.05) is 39.7 Å². The lowest BCUT2D eigenvalue weighted by Gasteiger charge is -2.18. The molecule has 25 heavy (non-hydrogen) atoms. The molecule has 1 N–H and O–H groups in total. The van der Waals surface area contributed by atoms with Crippen LogP contribution in [0.5, 0.6) is 17.2 Å². The molecular weight excluding hydrogens is 324 g/mol. The van der Waals surface area contributed by atoms with Crippen molar-refractivity contribution >= 4 is 22.6 Å². The highest BCUT2D eigenvalue weighted by atomic mass is 16.5. The van der Waals surface area contributed by atoms with Crippen molar-refractivity contribution in [2.24, 2.45) is 0 Å². The number of carbonyl (C=O) groups is 1. The highest BCUT2D eigenvalue weighted by Gasteiger charge is 2.29. The Morgan fingerprint density at radius 1 is 1.20 bits per heavy atom. The third-order valence-electron chi connectivity index (χ3n) is 4.37. The lowest BCUT2D eigenvalue weighted by Crippen LogP contribution is -2.27. The number of ether oxygens (including phenoxy) is 3. The Morgan fingerprint density at radius 2 is 1.96 bits per heavy atom. The number of nitrogens with zero attached hydrogens (tertiary/aromatic N) is 3. The molecule has 0 saturated carbocycles. The van der Waals surface area contributed by atoms with E-state index < -0.39 is 0 Å². The van der Waals surface area contributed by atoms with Crippen molar-refractivity contribution in [1.82, 2.24) is 14.9 Å². The SMILES string of the molecule is CCN1CC(Nc2ncnc3c(OC)c(OC)c(OC)cc23)CC1=O. The van der Waals surface area contributed by atoms with Gasteiger partial charge in [-0.3, -0.25) is 4.79 Å². The first-order valence-corrected chi connectivity index (χ1v) is 8.10. The van der Waals surface area contributed by atoms with Crippen molar-refractivity contribution in [1.29, 1.82) is 0 Å². The number of amides is 1. The van der Waals surface area contributed by atoms with E-state index in [0.29, 0.717) is 48.1 Å². The van der Waals surface area contributed by atoms with E-state index in [2.05, 4.69) is 15.3 Å². The Labute approximate surface area is 146 Å². The van der Waals surface area contributed by atoms with Gasteiger partial charge >= 0.3 is 0 Å². The second-order valence-corrected chi connectivity index (χ2v) is 5.74. The van der Waals surface area contributed by atoms with E-state index in [9.17, 15) is 4.79 Å². The molecule has 1 aromatic carbocycles. The molecule has 1 aliphatic rings. The molecule has 1 unspecified atom stereocenters. The first-order valence-electron chi connectivity index (χ1n) is 8.10. The van der Waals surface area contributed by atoms with Crippen LogP contribution in [0.4, 0.5) is 5.82 Å². The number of likely N-dealkylation sites (N-methyl/N-ethyl adjacent to an activating group) is 1. The van der Waals surface area contributed by atoms with Crippen LogP contribution >= 0.6 is 0 Å². The fourth-order valence-corrected chi connectivity index (χ4v) is 3.15. The monoisotopic (exact) mass is 346 g/mol. The predicted octanol–water partition coefficient (Wildman–Crippen LogP) is 1.69. The van der Waals surface area contributed by atoms with Crippen molar-refractivity contribution in [2.45, 2.75) is 19.4 Å². The molecule has 2 heterocycles. The largest absolute Gasteiger partial charge is 0.493 e. The Kier molecular flexibility index (Phi) is 4.78. The summed E-state index contributed by atoms with van der Waals surface area (Å²) in [5.41, 5.74) is 0.620. The molecule has 1 amide bonds. The Balaban J connectivity index is 2.03. The summed E-state index contributed by atoms with van der Waals surface area (Å²) in [6.07, 6.45) is 1.91. The summed E-state index contributed by atoms with van der Waals surface area (Å²) in [4.78, 5) is 22.5. The molecule has 3 rings (SSSR count). The third kappa shape index (κ3) is 2.99. The number of likely N-dealkylation sites (tertiary alicyclic amines) is 1. The average Bonchev–Trinajstić information content (AvgIpc) is 2.99. The molecule has 8 heteroatoms. The lowest BCUT2D eigenvalue weighted by atomic mass is 10.1. The number of carbonyl (C=O) groups excluding carboxylic acids is 1. The van der Waals surface area contributed by atoms with E-state index in [0.717, 1.165) is 5.39 Å². The molecule has 1 saturated heterocycles. The summed E-state index contributed by atoms with van der Waals surface area (Å²) in [6.45, 7) is 3.34. The van der Waals surface area contributed by atoms with Crippen molar-refractivity contribution in [3.8, 4) is 17.2 Å². The van der Waals surface area contributed by atoms with Crippen LogP contribution in [-0.4, -0.2) is 61.2 Å². The van der Waals surface area contributed by atoms with Crippen LogP contribution in [0.2, 0.25) is 0 Å². The summed E-state index contributed by atoms with van der Waals surface area (Å²) in [7, 11) is 4.67. The van der Waals surface area contributed by atoms with E-state index in [4.69, 9.17) is 14.2 Å². The van der Waals surface area contributed by atoms with Crippen molar-refractivity contribution in [3.05, 3.63) is 12.4 Å². The smallest absolute Gasteiger partial charge is 0.224 e. The van der Waals surface area contributed by atoms with E-state index in [1.807, 2.05) is 17.9 Å². The highest BCUT2D eigenvalue weighted by molar-refractivity contribution is 5.97. The van der Waals surface area contributed by atoms with E-state index in [1.165, 1.54) is 6.33 Å². The molecular formula is C17H22N4O4. The molecule has 0 radical (unpaired) electrons. The topological polar surface area (TPSA) is 85.8 Å². The minimum Gasteiger partial charge on any atom is -0.493 e. The highest BCUT2D eigenvalue weighted by Crippen LogP contribution is 2.43. The predicted molar refractivity (Wildman–Crippen MR) is 93.5 cm³/mol. The summed E-state index contributed by atoms with van der Waals surface area (Å²) >= 11 is 0. The minimum absolute atomic E-state index is 0.00430. The van der Waals surface area contributed by atoms with Crippen LogP contribution in [0.1, 0.15) is 13.3 Å². The standard InChI is InChI=1S/C17H22N4O4/c1-5-21-8-10(6-13(21)22)20-17-11-7-12(23-2)15(24-3)16(25-4)14(11)18-9-19-17/h7,9-10H,5-6,8H2,1-4H3,(H,18,19,20). The first kappa shape index (κ1) is 17.1. The molecule has 0 bridgehead atoms. The Hall–Kier alpha value is -2.77. The van der Waals surface area contributed by atoms with E-state index in [-0.39, 0.29) is 11.9 Å². The van der Waals surface area contributed by atoms with Gasteiger partial charge < -0.3 is 24.4 Å². The van der Waals surface area contributed by atoms with Crippen LogP contribution < -0.4 is 19.5 Å². The van der Waals surface area contributed by atoms with E-state index in [1.54, 1.807) is 21.3 Å². The number of benzene rings is 1. The maximum absolute atomic E-state index is 12.0. The van der Waals surface area contributed by atoms with Crippen LogP contribution in [0.15, 0.2) is 12.4 Å². The lowest BCUT2D eigenvalue weighted by molar-refractivity contribution is -0.127. The summed E-state index contributed by atoms with van der Waals surface area (Å²) in [6, 6.07) is 1.82. The zero-order chi connectivity index (χ0) is 18.0. The van der Waals surface area contributed by atoms with Crippen LogP contribution in [0.25, 0.3) is 10.9 Å². The number of aromatic nitrogens is 2. The van der Waals surface area contributed by atoms with Gasteiger partial charge in [-0.1, -0.05) is 0 Å². The van der Waals surface area contributed by atoms with Crippen LogP contribution in [-0.2, 0) is 4.79 Å². The second kappa shape index (κ2) is 7.00. The van der Waals surface area contributed by atoms with Gasteiger partial charge in [0.25, 0.3) is 0 Å². The van der Waals surface area contributed by atoms with Gasteiger partial charge in [-0.25, -0.2) is 9.97 Å². The number of rotatable bonds is 6. The Bertz CT molecular complexity index is 796. The van der Waals surface area contributed by atoms with Gasteiger partial charge in [-0.05, 0) is 13.0 Å². The average molecular weight is 346 g/mol. The molecule has 1 aliphatic heterocycles. The maximum atomic E-state index is 12.0. The zero-order valence-electron chi connectivity index (χ0n) is 14.8. The molecule has 0 aliphatic carbocycles. The third-order valence-corrected chi connectivity index (χ3v) is 4.37. The first-order chi connectivity index (χ1) is 12.1. The van der Waals surface area contributed by atoms with Gasteiger partial charge in [0.05, 0.1) is 32.8 Å². The zero-order valence-corrected chi connectivity index (χ0v) is 14.8. The van der Waals surface area contributed by atoms with Crippen LogP contribution in [0, 0.1) is 0 Å². The maximum Gasteiger partial charge on any atom is 0.224 e. The number of hydrogen-bond donors (Lipinski definition) is 1. The molecule has 134 valence electrons. The quantitative estimate of drug-likeness (QED) is 0.852. The molecule has 1 fully saturated rings. The molecule has 1 aromatic heterocycles. The number of nitrogens with one attached hydrogen (secondary N) is 1. The normalized spacial score (nSPS) is 17.0. The van der Waals surface area contributed by atoms with Crippen LogP contribution in [0.3, 0.4) is 0 Å². The van der Waals surface area contributed by atoms with Crippen molar-refractivity contribution < 1.29 is 19.0 Å². The van der Waals surface area contributed by atoms with Gasteiger partial charge in [0, 0.05) is 19.5 Å². The fourth-order valence-electron chi connectivity index (χ4n) is 3.15. The van der Waals surface area contributed by atoms with Gasteiger partial charge in [-0.15, -0.1) is 0 Å². The molecule has 2 aromatic rings. The summed E-state index contributed by atoms with van der Waals surface area (Å²) < 4.78 is 16.3. The van der Waals surface area contributed by atoms with Gasteiger partial charge in [-0.2, -0.15) is 0 Å². The van der Waals surface area contributed by atoms with Gasteiger partial charge in [0.15, 0.2) is 11.5 Å². The number of fused-ring (bicyclic) bond motifs is 1. The summed E-state index contributed by atoms with van der Waals surface area (Å²) in [5.74, 6) is 2.29. The fraction of sp³-hybridized carbons (Fsp3) is 0.471. The Morgan fingerprint density at radius 3 is 2.56 bits per heavy atom. The van der Waals surface area contributed by atoms with Crippen molar-refractivity contribution in [3.63, 3.8) is 0 Å². The number of methoxy groups -OCH3 is 3. The van der Waals surface area contributed by atoms with E-state index >= 15 is 0 Å². The second-order valence-electron chi connectivity index (χ2n) is 5.74. The van der Waals surface area contributed by atoms with Gasteiger partial charge in [0.2, 0.25) is 11.7 Å². The van der Waals surface area contributed by atoms with Gasteiger partial charge in [0.1, 0.15) is 17.7 Å². The molecule has 1 atom stereocenters. The number of anilines is 1. The summed E-state index contributed by atoms with van der Waals surface area (Å²) in [5, 5.41) is 4.10. The molecule has 8 nitrogen and oxygen atoms in total. The number of hydrogen-bond acceptors (Lipinski definition) is 7.